The van der Waals surface area contributed by atoms with Crippen LogP contribution < -0.4 is 15.8 Å². The molecule has 206 valence electrons. The van der Waals surface area contributed by atoms with E-state index in [4.69, 9.17) is 10.5 Å². The zero-order valence-electron chi connectivity index (χ0n) is 22.9. The highest BCUT2D eigenvalue weighted by molar-refractivity contribution is 5.92. The largest absolute Gasteiger partial charge is 0.489 e. The van der Waals surface area contributed by atoms with Gasteiger partial charge in [-0.1, -0.05) is 103 Å². The Bertz CT molecular complexity index is 1290. The van der Waals surface area contributed by atoms with Gasteiger partial charge in [-0.3, -0.25) is 9.59 Å². The smallest absolute Gasteiger partial charge is 0.245 e. The number of nitrogens with one attached hydrogen (secondary N) is 1. The molecule has 0 heterocycles. The number of carbonyl (C=O) groups excluding carboxylic acids is 2. The van der Waals surface area contributed by atoms with Crippen LogP contribution in [0.3, 0.4) is 0 Å². The fourth-order valence-electron chi connectivity index (χ4n) is 4.67. The van der Waals surface area contributed by atoms with E-state index < -0.39 is 12.0 Å². The first-order chi connectivity index (χ1) is 19.5. The van der Waals surface area contributed by atoms with E-state index in [1.54, 1.807) is 11.9 Å². The van der Waals surface area contributed by atoms with Crippen molar-refractivity contribution in [3.63, 3.8) is 0 Å². The van der Waals surface area contributed by atoms with Crippen molar-refractivity contribution in [2.45, 2.75) is 38.0 Å². The highest BCUT2D eigenvalue weighted by Crippen LogP contribution is 2.25. The van der Waals surface area contributed by atoms with E-state index in [0.29, 0.717) is 32.5 Å². The normalized spacial score (nSPS) is 11.6. The summed E-state index contributed by atoms with van der Waals surface area (Å²) in [6.45, 7) is 1.34. The van der Waals surface area contributed by atoms with Crippen molar-refractivity contribution in [1.29, 1.82) is 0 Å². The topological polar surface area (TPSA) is 84.7 Å². The summed E-state index contributed by atoms with van der Waals surface area (Å²) < 4.78 is 5.88. The maximum absolute atomic E-state index is 13.7. The minimum Gasteiger partial charge on any atom is -0.489 e. The molecule has 6 heteroatoms. The van der Waals surface area contributed by atoms with Crippen LogP contribution in [0.4, 0.5) is 0 Å². The summed E-state index contributed by atoms with van der Waals surface area (Å²) in [5.41, 5.74) is 9.60. The van der Waals surface area contributed by atoms with Gasteiger partial charge in [0.25, 0.3) is 0 Å². The molecule has 40 heavy (non-hydrogen) atoms. The first-order valence-corrected chi connectivity index (χ1v) is 13.7. The van der Waals surface area contributed by atoms with Crippen LogP contribution in [0.1, 0.15) is 41.0 Å². The van der Waals surface area contributed by atoms with Crippen molar-refractivity contribution in [1.82, 2.24) is 10.2 Å². The molecule has 0 saturated heterocycles. The fraction of sp³-hybridized carbons (Fsp3) is 0.235. The summed E-state index contributed by atoms with van der Waals surface area (Å²) in [5.74, 6) is -0.112. The van der Waals surface area contributed by atoms with Crippen molar-refractivity contribution < 1.29 is 14.3 Å². The first-order valence-electron chi connectivity index (χ1n) is 13.7. The lowest BCUT2D eigenvalue weighted by Crippen LogP contribution is -2.48. The predicted molar refractivity (Wildman–Crippen MR) is 159 cm³/mol. The van der Waals surface area contributed by atoms with Gasteiger partial charge in [0.15, 0.2) is 0 Å². The number of ether oxygens (including phenoxy) is 1. The van der Waals surface area contributed by atoms with Gasteiger partial charge in [-0.15, -0.1) is 0 Å². The van der Waals surface area contributed by atoms with Gasteiger partial charge in [-0.2, -0.15) is 0 Å². The van der Waals surface area contributed by atoms with Crippen LogP contribution in [0.5, 0.6) is 5.75 Å². The molecular formula is C34H37N3O3. The summed E-state index contributed by atoms with van der Waals surface area (Å²) in [6, 6.07) is 36.3. The number of amides is 2. The van der Waals surface area contributed by atoms with Crippen LogP contribution >= 0.6 is 0 Å². The molecule has 0 fully saturated rings. The third-order valence-corrected chi connectivity index (χ3v) is 6.81. The Morgan fingerprint density at radius 3 is 1.88 bits per heavy atom. The average molecular weight is 536 g/mol. The molecule has 0 unspecified atom stereocenters. The van der Waals surface area contributed by atoms with Crippen molar-refractivity contribution in [2.24, 2.45) is 5.73 Å². The SMILES string of the molecule is CN(Cc1ccc(OCc2ccccc2)cc1)C(=O)[C@@H](CCCN)NC(=O)C(c1ccccc1)c1ccccc1. The molecule has 1 atom stereocenters. The van der Waals surface area contributed by atoms with Gasteiger partial charge in [0.1, 0.15) is 18.4 Å². The zero-order valence-corrected chi connectivity index (χ0v) is 22.9. The molecule has 0 aliphatic heterocycles. The third kappa shape index (κ3) is 8.04. The van der Waals surface area contributed by atoms with Crippen molar-refractivity contribution in [3.8, 4) is 5.75 Å². The van der Waals surface area contributed by atoms with Gasteiger partial charge >= 0.3 is 0 Å². The number of likely N-dealkylation sites (N-methyl/N-ethyl adjacent to an activating group) is 1. The molecule has 3 N–H and O–H groups in total. The van der Waals surface area contributed by atoms with E-state index in [1.807, 2.05) is 115 Å². The van der Waals surface area contributed by atoms with Crippen LogP contribution in [-0.2, 0) is 22.7 Å². The van der Waals surface area contributed by atoms with Crippen LogP contribution in [0.15, 0.2) is 115 Å². The molecule has 4 aromatic rings. The molecule has 0 radical (unpaired) electrons. The summed E-state index contributed by atoms with van der Waals surface area (Å²) >= 11 is 0. The average Bonchev–Trinajstić information content (AvgIpc) is 3.00. The summed E-state index contributed by atoms with van der Waals surface area (Å²) in [4.78, 5) is 28.9. The standard InChI is InChI=1S/C34H37N3O3/c1-37(24-26-19-21-30(22-20-26)40-25-27-12-5-2-6-13-27)34(39)31(18-11-23-35)36-33(38)32(28-14-7-3-8-15-28)29-16-9-4-10-17-29/h2-10,12-17,19-22,31-32H,11,18,23-25,35H2,1H3,(H,36,38)/t31-/m1/s1. The zero-order chi connectivity index (χ0) is 28.2. The van der Waals surface area contributed by atoms with Crippen LogP contribution in [0.2, 0.25) is 0 Å². The van der Waals surface area contributed by atoms with E-state index in [9.17, 15) is 9.59 Å². The van der Waals surface area contributed by atoms with Crippen LogP contribution in [-0.4, -0.2) is 36.3 Å². The van der Waals surface area contributed by atoms with Crippen molar-refractivity contribution >= 4 is 11.8 Å². The summed E-state index contributed by atoms with van der Waals surface area (Å²) in [6.07, 6.45) is 1.09. The quantitative estimate of drug-likeness (QED) is 0.244. The maximum Gasteiger partial charge on any atom is 0.245 e. The number of nitrogens with two attached hydrogens (primary N) is 1. The Morgan fingerprint density at radius 1 is 0.775 bits per heavy atom. The van der Waals surface area contributed by atoms with E-state index in [1.165, 1.54) is 0 Å². The van der Waals surface area contributed by atoms with E-state index in [0.717, 1.165) is 28.0 Å². The number of carbonyl (C=O) groups is 2. The second-order valence-electron chi connectivity index (χ2n) is 9.86. The van der Waals surface area contributed by atoms with E-state index in [-0.39, 0.29) is 11.8 Å². The van der Waals surface area contributed by atoms with E-state index in [2.05, 4.69) is 5.32 Å². The minimum absolute atomic E-state index is 0.147. The molecule has 0 aliphatic carbocycles. The Kier molecular flexibility index (Phi) is 10.5. The van der Waals surface area contributed by atoms with Gasteiger partial charge in [0.05, 0.1) is 5.92 Å². The lowest BCUT2D eigenvalue weighted by Gasteiger charge is -2.27. The molecule has 6 nitrogen and oxygen atoms in total. The number of rotatable bonds is 13. The Labute approximate surface area is 236 Å². The third-order valence-electron chi connectivity index (χ3n) is 6.81. The van der Waals surface area contributed by atoms with Crippen molar-refractivity contribution in [3.05, 3.63) is 138 Å². The number of nitrogens with zero attached hydrogens (tertiary/aromatic N) is 1. The second kappa shape index (κ2) is 14.7. The second-order valence-corrected chi connectivity index (χ2v) is 9.86. The lowest BCUT2D eigenvalue weighted by molar-refractivity contribution is -0.136. The van der Waals surface area contributed by atoms with Gasteiger partial charge in [0, 0.05) is 13.6 Å². The molecule has 0 aromatic heterocycles. The fourth-order valence-corrected chi connectivity index (χ4v) is 4.67. The number of hydrogen-bond acceptors (Lipinski definition) is 4. The Balaban J connectivity index is 1.42. The maximum atomic E-state index is 13.7. The van der Waals surface area contributed by atoms with Gasteiger partial charge in [0.2, 0.25) is 11.8 Å². The predicted octanol–water partition coefficient (Wildman–Crippen LogP) is 5.28. The first kappa shape index (κ1) is 28.6. The molecule has 0 aliphatic rings. The molecule has 2 amide bonds. The number of hydrogen-bond donors (Lipinski definition) is 2. The monoisotopic (exact) mass is 535 g/mol. The molecule has 4 aromatic carbocycles. The van der Waals surface area contributed by atoms with Crippen molar-refractivity contribution in [2.75, 3.05) is 13.6 Å². The van der Waals surface area contributed by atoms with Gasteiger partial charge in [-0.25, -0.2) is 0 Å². The molecule has 0 bridgehead atoms. The Morgan fingerprint density at radius 2 is 1.32 bits per heavy atom. The molecule has 0 saturated carbocycles. The van der Waals surface area contributed by atoms with Crippen LogP contribution in [0.25, 0.3) is 0 Å². The minimum atomic E-state index is -0.676. The number of benzene rings is 4. The highest BCUT2D eigenvalue weighted by Gasteiger charge is 2.29. The van der Waals surface area contributed by atoms with Crippen LogP contribution in [0, 0.1) is 0 Å². The summed E-state index contributed by atoms with van der Waals surface area (Å²) in [5, 5.41) is 3.05. The van der Waals surface area contributed by atoms with Gasteiger partial charge < -0.3 is 20.7 Å². The van der Waals surface area contributed by atoms with E-state index >= 15 is 0 Å². The highest BCUT2D eigenvalue weighted by atomic mass is 16.5. The van der Waals surface area contributed by atoms with Gasteiger partial charge in [-0.05, 0) is 53.8 Å². The Hall–Kier alpha value is -4.42. The molecule has 4 rings (SSSR count). The molecular weight excluding hydrogens is 498 g/mol. The lowest BCUT2D eigenvalue weighted by atomic mass is 9.90. The summed E-state index contributed by atoms with van der Waals surface area (Å²) in [7, 11) is 1.76. The molecule has 0 spiro atoms.